The van der Waals surface area contributed by atoms with E-state index < -0.39 is 27.9 Å². The predicted molar refractivity (Wildman–Crippen MR) is 147 cm³/mol. The van der Waals surface area contributed by atoms with Crippen LogP contribution in [0.4, 0.5) is 5.00 Å². The highest BCUT2D eigenvalue weighted by Crippen LogP contribution is 2.38. The SMILES string of the molecule is NC(=O)c1c(NC(=O)C2CCCCN2S(=O)(=O)c2ccc(Cl)s2)sc2c1CCN(Cc1ccccc1)C2. The Morgan fingerprint density at radius 2 is 1.86 bits per heavy atom. The van der Waals surface area contributed by atoms with E-state index in [9.17, 15) is 18.0 Å². The number of nitrogens with one attached hydrogen (secondary N) is 1. The number of nitrogens with two attached hydrogens (primary N) is 1. The molecular weight excluding hydrogens is 552 g/mol. The van der Waals surface area contributed by atoms with Crippen LogP contribution in [0.1, 0.15) is 45.6 Å². The first-order valence-corrected chi connectivity index (χ1v) is 15.5. The third kappa shape index (κ3) is 5.47. The average Bonchev–Trinajstić information content (AvgIpc) is 3.48. The molecule has 4 heterocycles. The molecule has 1 fully saturated rings. The zero-order chi connectivity index (χ0) is 26.2. The standard InChI is InChI=1S/C25H27ClN4O4S3/c26-20-9-10-21(36-20)37(33,34)30-12-5-4-8-18(30)24(32)28-25-22(23(27)31)17-11-13-29(15-19(17)35-25)14-16-6-2-1-3-7-16/h1-3,6-7,9-10,18H,4-5,8,11-15H2,(H2,27,31)(H,28,32). The van der Waals surface area contributed by atoms with Gasteiger partial charge in [-0.25, -0.2) is 8.42 Å². The lowest BCUT2D eigenvalue weighted by molar-refractivity contribution is -0.120. The first-order chi connectivity index (χ1) is 17.7. The number of fused-ring (bicyclic) bond motifs is 1. The molecule has 3 N–H and O–H groups in total. The minimum Gasteiger partial charge on any atom is -0.365 e. The lowest BCUT2D eigenvalue weighted by atomic mass is 10.0. The molecule has 0 spiro atoms. The van der Waals surface area contributed by atoms with Crippen molar-refractivity contribution >= 4 is 61.1 Å². The molecular formula is C25H27ClN4O4S3. The molecule has 1 unspecified atom stereocenters. The van der Waals surface area contributed by atoms with Gasteiger partial charge in [-0.05, 0) is 42.5 Å². The second-order valence-corrected chi connectivity index (χ2v) is 14.1. The number of carbonyl (C=O) groups is 2. The Bertz CT molecular complexity index is 1420. The van der Waals surface area contributed by atoms with E-state index in [-0.39, 0.29) is 10.8 Å². The van der Waals surface area contributed by atoms with Gasteiger partial charge in [-0.2, -0.15) is 4.31 Å². The van der Waals surface area contributed by atoms with E-state index in [0.717, 1.165) is 41.3 Å². The van der Waals surface area contributed by atoms with Crippen LogP contribution in [0.15, 0.2) is 46.7 Å². The van der Waals surface area contributed by atoms with Gasteiger partial charge in [-0.3, -0.25) is 14.5 Å². The number of piperidine rings is 1. The number of sulfonamides is 1. The molecule has 196 valence electrons. The topological polar surface area (TPSA) is 113 Å². The summed E-state index contributed by atoms with van der Waals surface area (Å²) in [5, 5.41) is 3.27. The molecule has 1 atom stereocenters. The molecule has 3 aromatic rings. The zero-order valence-corrected chi connectivity index (χ0v) is 23.2. The van der Waals surface area contributed by atoms with Crippen molar-refractivity contribution in [3.8, 4) is 0 Å². The second kappa shape index (κ2) is 10.8. The monoisotopic (exact) mass is 578 g/mol. The van der Waals surface area contributed by atoms with Crippen LogP contribution in [0, 0.1) is 0 Å². The number of primary amides is 1. The normalized spacial score (nSPS) is 18.9. The van der Waals surface area contributed by atoms with Crippen LogP contribution in [-0.2, 0) is 34.3 Å². The number of nitrogens with zero attached hydrogens (tertiary/aromatic N) is 2. The predicted octanol–water partition coefficient (Wildman–Crippen LogP) is 4.30. The van der Waals surface area contributed by atoms with Gasteiger partial charge >= 0.3 is 0 Å². The fourth-order valence-electron chi connectivity index (χ4n) is 4.98. The van der Waals surface area contributed by atoms with Gasteiger partial charge in [0.05, 0.1) is 9.90 Å². The second-order valence-electron chi connectivity index (χ2n) is 9.19. The first kappa shape index (κ1) is 26.3. The lowest BCUT2D eigenvalue weighted by Crippen LogP contribution is -2.49. The zero-order valence-electron chi connectivity index (χ0n) is 20.0. The van der Waals surface area contributed by atoms with E-state index in [1.54, 1.807) is 0 Å². The number of anilines is 1. The van der Waals surface area contributed by atoms with Crippen LogP contribution >= 0.6 is 34.3 Å². The van der Waals surface area contributed by atoms with Crippen LogP contribution < -0.4 is 11.1 Å². The van der Waals surface area contributed by atoms with Crippen LogP contribution in [-0.4, -0.2) is 48.6 Å². The summed E-state index contributed by atoms with van der Waals surface area (Å²) in [4.78, 5) is 29.2. The Labute approximate surface area is 229 Å². The maximum atomic E-state index is 13.5. The van der Waals surface area contributed by atoms with Gasteiger partial charge in [0, 0.05) is 31.1 Å². The quantitative estimate of drug-likeness (QED) is 0.434. The molecule has 1 saturated heterocycles. The molecule has 2 aromatic heterocycles. The summed E-state index contributed by atoms with van der Waals surface area (Å²) in [5.41, 5.74) is 8.17. The Kier molecular flexibility index (Phi) is 7.71. The fraction of sp³-hybridized carbons (Fsp3) is 0.360. The average molecular weight is 579 g/mol. The van der Waals surface area contributed by atoms with Crippen molar-refractivity contribution in [2.75, 3.05) is 18.4 Å². The molecule has 0 bridgehead atoms. The van der Waals surface area contributed by atoms with Crippen LogP contribution in [0.5, 0.6) is 0 Å². The van der Waals surface area contributed by atoms with Gasteiger partial charge in [0.2, 0.25) is 5.91 Å². The summed E-state index contributed by atoms with van der Waals surface area (Å²) >= 11 is 8.29. The van der Waals surface area contributed by atoms with Crippen molar-refractivity contribution in [3.63, 3.8) is 0 Å². The van der Waals surface area contributed by atoms with Gasteiger partial charge in [-0.1, -0.05) is 48.4 Å². The van der Waals surface area contributed by atoms with Crippen molar-refractivity contribution in [1.29, 1.82) is 0 Å². The molecule has 2 amide bonds. The van der Waals surface area contributed by atoms with Gasteiger partial charge in [-0.15, -0.1) is 22.7 Å². The highest BCUT2D eigenvalue weighted by Gasteiger charge is 2.39. The molecule has 5 rings (SSSR count). The number of hydrogen-bond donors (Lipinski definition) is 2. The molecule has 0 saturated carbocycles. The molecule has 2 aliphatic heterocycles. The summed E-state index contributed by atoms with van der Waals surface area (Å²) in [6, 6.07) is 12.3. The maximum Gasteiger partial charge on any atom is 0.253 e. The molecule has 37 heavy (non-hydrogen) atoms. The van der Waals surface area contributed by atoms with E-state index in [1.165, 1.54) is 33.3 Å². The summed E-state index contributed by atoms with van der Waals surface area (Å²) in [6.45, 7) is 2.44. The number of carbonyl (C=O) groups excluding carboxylic acids is 2. The summed E-state index contributed by atoms with van der Waals surface area (Å²) < 4.78 is 28.4. The summed E-state index contributed by atoms with van der Waals surface area (Å²) in [5.74, 6) is -1.04. The number of benzene rings is 1. The minimum absolute atomic E-state index is 0.111. The third-order valence-corrected chi connectivity index (χ3v) is 11.5. The Hall–Kier alpha value is -2.28. The lowest BCUT2D eigenvalue weighted by Gasteiger charge is -2.33. The van der Waals surface area contributed by atoms with Gasteiger partial charge in [0.25, 0.3) is 15.9 Å². The van der Waals surface area contributed by atoms with Crippen LogP contribution in [0.3, 0.4) is 0 Å². The third-order valence-electron chi connectivity index (χ3n) is 6.74. The fourth-order valence-corrected chi connectivity index (χ4v) is 9.55. The molecule has 2 aliphatic rings. The largest absolute Gasteiger partial charge is 0.365 e. The highest BCUT2D eigenvalue weighted by molar-refractivity contribution is 7.91. The van der Waals surface area contributed by atoms with Gasteiger partial charge < -0.3 is 11.1 Å². The molecule has 8 nitrogen and oxygen atoms in total. The Morgan fingerprint density at radius 3 is 2.57 bits per heavy atom. The van der Waals surface area contributed by atoms with E-state index >= 15 is 0 Å². The molecule has 12 heteroatoms. The van der Waals surface area contributed by atoms with Crippen LogP contribution in [0.25, 0.3) is 0 Å². The van der Waals surface area contributed by atoms with E-state index in [4.69, 9.17) is 17.3 Å². The van der Waals surface area contributed by atoms with Crippen molar-refractivity contribution in [2.24, 2.45) is 5.73 Å². The molecule has 1 aromatic carbocycles. The maximum absolute atomic E-state index is 13.5. The number of hydrogen-bond acceptors (Lipinski definition) is 7. The van der Waals surface area contributed by atoms with Crippen molar-refractivity contribution in [1.82, 2.24) is 9.21 Å². The number of halogens is 1. The number of thiophene rings is 2. The van der Waals surface area contributed by atoms with Crippen molar-refractivity contribution in [2.45, 2.75) is 49.0 Å². The van der Waals surface area contributed by atoms with Crippen molar-refractivity contribution < 1.29 is 18.0 Å². The number of rotatable bonds is 7. The van der Waals surface area contributed by atoms with E-state index in [2.05, 4.69) is 22.3 Å². The first-order valence-electron chi connectivity index (χ1n) is 12.0. The van der Waals surface area contributed by atoms with Crippen molar-refractivity contribution in [3.05, 3.63) is 68.4 Å². The van der Waals surface area contributed by atoms with E-state index in [0.29, 0.717) is 40.7 Å². The Balaban J connectivity index is 1.37. The molecule has 0 radical (unpaired) electrons. The summed E-state index contributed by atoms with van der Waals surface area (Å²) in [7, 11) is -3.88. The summed E-state index contributed by atoms with van der Waals surface area (Å²) in [6.07, 6.45) is 2.44. The van der Waals surface area contributed by atoms with Gasteiger partial charge in [0.15, 0.2) is 0 Å². The van der Waals surface area contributed by atoms with Gasteiger partial charge in [0.1, 0.15) is 15.3 Å². The smallest absolute Gasteiger partial charge is 0.253 e. The van der Waals surface area contributed by atoms with Crippen LogP contribution in [0.2, 0.25) is 4.34 Å². The highest BCUT2D eigenvalue weighted by atomic mass is 35.5. The Morgan fingerprint density at radius 1 is 1.08 bits per heavy atom. The van der Waals surface area contributed by atoms with E-state index in [1.807, 2.05) is 18.2 Å². The number of amides is 2. The molecule has 0 aliphatic carbocycles. The minimum atomic E-state index is -3.88.